The summed E-state index contributed by atoms with van der Waals surface area (Å²) in [7, 11) is 1.88. The Balaban J connectivity index is 2.21. The molecule has 0 bridgehead atoms. The second-order valence-corrected chi connectivity index (χ2v) is 5.17. The zero-order valence-corrected chi connectivity index (χ0v) is 11.7. The molecule has 1 aromatic rings. The average molecular weight is 298 g/mol. The first-order chi connectivity index (χ1) is 9.95. The van der Waals surface area contributed by atoms with Crippen molar-refractivity contribution in [1.82, 2.24) is 10.3 Å². The maximum atomic E-state index is 12.8. The first-order valence-electron chi connectivity index (χ1n) is 6.83. The zero-order valence-electron chi connectivity index (χ0n) is 11.7. The van der Waals surface area contributed by atoms with Crippen molar-refractivity contribution in [3.8, 4) is 6.07 Å². The Morgan fingerprint density at radius 1 is 1.38 bits per heavy atom. The highest BCUT2D eigenvalue weighted by Gasteiger charge is 2.34. The first kappa shape index (κ1) is 15.6. The Bertz CT molecular complexity index is 528. The molecule has 1 saturated heterocycles. The normalized spacial score (nSPS) is 16.8. The number of aromatic nitrogens is 1. The van der Waals surface area contributed by atoms with Crippen LogP contribution in [0.2, 0.25) is 0 Å². The Morgan fingerprint density at radius 3 is 2.57 bits per heavy atom. The van der Waals surface area contributed by atoms with Crippen LogP contribution >= 0.6 is 0 Å². The van der Waals surface area contributed by atoms with E-state index >= 15 is 0 Å². The molecule has 1 aromatic heterocycles. The van der Waals surface area contributed by atoms with Crippen molar-refractivity contribution in [1.29, 1.82) is 5.26 Å². The number of hydrogen-bond donors (Lipinski definition) is 1. The maximum Gasteiger partial charge on any atom is 0.433 e. The van der Waals surface area contributed by atoms with E-state index < -0.39 is 11.9 Å². The molecule has 0 aliphatic carbocycles. The number of piperidine rings is 1. The Labute approximate surface area is 121 Å². The van der Waals surface area contributed by atoms with E-state index in [4.69, 9.17) is 5.26 Å². The van der Waals surface area contributed by atoms with Crippen LogP contribution in [0.3, 0.4) is 0 Å². The highest BCUT2D eigenvalue weighted by molar-refractivity contribution is 5.54. The number of rotatable bonds is 3. The second kappa shape index (κ2) is 6.31. The summed E-state index contributed by atoms with van der Waals surface area (Å²) in [5.74, 6) is 0.665. The van der Waals surface area contributed by atoms with Crippen LogP contribution < -0.4 is 10.2 Å². The van der Waals surface area contributed by atoms with Gasteiger partial charge >= 0.3 is 6.18 Å². The van der Waals surface area contributed by atoms with E-state index in [2.05, 4.69) is 10.3 Å². The summed E-state index contributed by atoms with van der Waals surface area (Å²) in [4.78, 5) is 5.45. The van der Waals surface area contributed by atoms with E-state index in [1.54, 1.807) is 4.90 Å². The van der Waals surface area contributed by atoms with Crippen LogP contribution in [0, 0.1) is 17.2 Å². The van der Waals surface area contributed by atoms with E-state index in [9.17, 15) is 13.2 Å². The molecule has 114 valence electrons. The van der Waals surface area contributed by atoms with Gasteiger partial charge in [-0.2, -0.15) is 18.4 Å². The fraction of sp³-hybridized carbons (Fsp3) is 0.571. The van der Waals surface area contributed by atoms with Crippen LogP contribution in [0.4, 0.5) is 19.0 Å². The van der Waals surface area contributed by atoms with Crippen LogP contribution in [-0.2, 0) is 6.18 Å². The van der Waals surface area contributed by atoms with E-state index in [1.807, 2.05) is 13.1 Å². The minimum atomic E-state index is -4.49. The lowest BCUT2D eigenvalue weighted by molar-refractivity contribution is -0.141. The Morgan fingerprint density at radius 2 is 2.05 bits per heavy atom. The number of anilines is 1. The molecule has 1 fully saturated rings. The third-order valence-electron chi connectivity index (χ3n) is 3.69. The second-order valence-electron chi connectivity index (χ2n) is 5.17. The van der Waals surface area contributed by atoms with Crippen LogP contribution in [0.15, 0.2) is 12.1 Å². The van der Waals surface area contributed by atoms with E-state index in [1.165, 1.54) is 6.07 Å². The van der Waals surface area contributed by atoms with Crippen molar-refractivity contribution in [2.45, 2.75) is 19.0 Å². The van der Waals surface area contributed by atoms with E-state index in [0.717, 1.165) is 25.5 Å². The van der Waals surface area contributed by atoms with Gasteiger partial charge in [0, 0.05) is 13.1 Å². The van der Waals surface area contributed by atoms with Gasteiger partial charge in [0.15, 0.2) is 0 Å². The average Bonchev–Trinajstić information content (AvgIpc) is 2.47. The molecule has 0 unspecified atom stereocenters. The summed E-state index contributed by atoms with van der Waals surface area (Å²) in [6, 6.07) is 3.98. The molecule has 0 spiro atoms. The van der Waals surface area contributed by atoms with Crippen molar-refractivity contribution in [2.75, 3.05) is 31.6 Å². The minimum Gasteiger partial charge on any atom is -0.355 e. The molecule has 0 atom stereocenters. The zero-order chi connectivity index (χ0) is 15.5. The van der Waals surface area contributed by atoms with Crippen molar-refractivity contribution in [3.05, 3.63) is 23.4 Å². The van der Waals surface area contributed by atoms with Gasteiger partial charge < -0.3 is 10.2 Å². The van der Waals surface area contributed by atoms with Crippen LogP contribution in [0.5, 0.6) is 0 Å². The molecule has 0 radical (unpaired) electrons. The molecule has 4 nitrogen and oxygen atoms in total. The first-order valence-corrected chi connectivity index (χ1v) is 6.83. The lowest BCUT2D eigenvalue weighted by Crippen LogP contribution is -2.37. The fourth-order valence-electron chi connectivity index (χ4n) is 2.57. The predicted molar refractivity (Wildman–Crippen MR) is 72.8 cm³/mol. The molecular weight excluding hydrogens is 281 g/mol. The molecule has 21 heavy (non-hydrogen) atoms. The molecule has 0 aromatic carbocycles. The fourth-order valence-corrected chi connectivity index (χ4v) is 2.57. The highest BCUT2D eigenvalue weighted by atomic mass is 19.4. The molecule has 1 aliphatic rings. The third-order valence-corrected chi connectivity index (χ3v) is 3.69. The van der Waals surface area contributed by atoms with Gasteiger partial charge in [-0.05, 0) is 44.5 Å². The number of nitriles is 1. The van der Waals surface area contributed by atoms with Gasteiger partial charge in [-0.3, -0.25) is 0 Å². The number of halogens is 3. The van der Waals surface area contributed by atoms with E-state index in [0.29, 0.717) is 19.0 Å². The summed E-state index contributed by atoms with van der Waals surface area (Å²) in [5.41, 5.74) is -0.760. The van der Waals surface area contributed by atoms with Crippen molar-refractivity contribution >= 4 is 5.82 Å². The van der Waals surface area contributed by atoms with Gasteiger partial charge in [0.05, 0.1) is 5.56 Å². The number of alkyl halides is 3. The van der Waals surface area contributed by atoms with Crippen LogP contribution in [-0.4, -0.2) is 31.7 Å². The smallest absolute Gasteiger partial charge is 0.355 e. The largest absolute Gasteiger partial charge is 0.433 e. The monoisotopic (exact) mass is 298 g/mol. The van der Waals surface area contributed by atoms with Crippen LogP contribution in [0.1, 0.15) is 24.1 Å². The lowest BCUT2D eigenvalue weighted by Gasteiger charge is -2.33. The van der Waals surface area contributed by atoms with E-state index in [-0.39, 0.29) is 11.4 Å². The topological polar surface area (TPSA) is 52.0 Å². The Hall–Kier alpha value is -1.81. The number of hydrogen-bond acceptors (Lipinski definition) is 4. The third kappa shape index (κ3) is 3.64. The summed E-state index contributed by atoms with van der Waals surface area (Å²) in [6.45, 7) is 2.14. The van der Waals surface area contributed by atoms with Crippen molar-refractivity contribution in [2.24, 2.45) is 5.92 Å². The minimum absolute atomic E-state index is 0.148. The molecule has 0 saturated carbocycles. The molecule has 7 heteroatoms. The summed E-state index contributed by atoms with van der Waals surface area (Å²) in [5, 5.41) is 12.2. The predicted octanol–water partition coefficient (Wildman–Crippen LogP) is 2.41. The standard InChI is InChI=1S/C14H17F3N4/c1-19-9-10-4-6-21(7-5-10)13-11(8-18)2-3-12(20-13)14(15,16)17/h2-3,10,19H,4-7,9H2,1H3. The van der Waals surface area contributed by atoms with Crippen molar-refractivity contribution in [3.63, 3.8) is 0 Å². The molecule has 0 amide bonds. The number of pyridine rings is 1. The number of nitrogens with one attached hydrogen (secondary N) is 1. The van der Waals surface area contributed by atoms with Gasteiger partial charge in [-0.15, -0.1) is 0 Å². The molecular formula is C14H17F3N4. The summed E-state index contributed by atoms with van der Waals surface area (Å²) < 4.78 is 38.3. The molecule has 1 aliphatic heterocycles. The van der Waals surface area contributed by atoms with Crippen molar-refractivity contribution < 1.29 is 13.2 Å². The van der Waals surface area contributed by atoms with Gasteiger partial charge in [0.1, 0.15) is 17.6 Å². The molecule has 2 heterocycles. The molecule has 1 N–H and O–H groups in total. The summed E-state index contributed by atoms with van der Waals surface area (Å²) in [6.07, 6.45) is -2.74. The van der Waals surface area contributed by atoms with Gasteiger partial charge in [0.2, 0.25) is 0 Å². The van der Waals surface area contributed by atoms with Gasteiger partial charge in [-0.1, -0.05) is 0 Å². The number of nitrogens with zero attached hydrogens (tertiary/aromatic N) is 3. The summed E-state index contributed by atoms with van der Waals surface area (Å²) >= 11 is 0. The van der Waals surface area contributed by atoms with Crippen LogP contribution in [0.25, 0.3) is 0 Å². The van der Waals surface area contributed by atoms with Gasteiger partial charge in [-0.25, -0.2) is 4.98 Å². The highest BCUT2D eigenvalue weighted by Crippen LogP contribution is 2.31. The Kier molecular flexibility index (Phi) is 4.68. The lowest BCUT2D eigenvalue weighted by atomic mass is 9.96. The SMILES string of the molecule is CNCC1CCN(c2nc(C(F)(F)F)ccc2C#N)CC1. The maximum absolute atomic E-state index is 12.8. The molecule has 2 rings (SSSR count). The van der Waals surface area contributed by atoms with Gasteiger partial charge in [0.25, 0.3) is 0 Å². The quantitative estimate of drug-likeness (QED) is 0.931.